The highest BCUT2D eigenvalue weighted by Gasteiger charge is 2.11. The van der Waals surface area contributed by atoms with Crippen LogP contribution in [0.1, 0.15) is 18.6 Å². The summed E-state index contributed by atoms with van der Waals surface area (Å²) >= 11 is 17.4. The average molecular weight is 328 g/mol. The molecule has 0 radical (unpaired) electrons. The first-order chi connectivity index (χ1) is 9.58. The Morgan fingerprint density at radius 2 is 2.10 bits per heavy atom. The molecule has 4 nitrogen and oxygen atoms in total. The second-order valence-corrected chi connectivity index (χ2v) is 5.57. The number of H-pyrrole nitrogens is 1. The van der Waals surface area contributed by atoms with Crippen LogP contribution >= 0.6 is 35.4 Å². The molecule has 104 valence electrons. The number of halogens is 2. The number of nitrogens with zero attached hydrogens (tertiary/aromatic N) is 2. The van der Waals surface area contributed by atoms with Crippen LogP contribution in [0, 0.1) is 4.77 Å². The van der Waals surface area contributed by atoms with Gasteiger partial charge in [0.25, 0.3) is 0 Å². The molecule has 20 heavy (non-hydrogen) atoms. The summed E-state index contributed by atoms with van der Waals surface area (Å²) in [5.74, 6) is 1.47. The van der Waals surface area contributed by atoms with Crippen molar-refractivity contribution < 1.29 is 4.42 Å². The summed E-state index contributed by atoms with van der Waals surface area (Å²) in [6.45, 7) is 2.47. The fourth-order valence-electron chi connectivity index (χ4n) is 2.03. The molecular weight excluding hydrogens is 317 g/mol. The zero-order valence-corrected chi connectivity index (χ0v) is 12.9. The molecule has 0 bridgehead atoms. The Labute approximate surface area is 130 Å². The Balaban J connectivity index is 2.08. The Morgan fingerprint density at radius 1 is 1.35 bits per heavy atom. The van der Waals surface area contributed by atoms with Crippen LogP contribution in [0.15, 0.2) is 22.7 Å². The van der Waals surface area contributed by atoms with Gasteiger partial charge in [-0.1, -0.05) is 30.1 Å². The van der Waals surface area contributed by atoms with Crippen molar-refractivity contribution in [1.29, 1.82) is 0 Å². The van der Waals surface area contributed by atoms with E-state index in [1.165, 1.54) is 0 Å². The van der Waals surface area contributed by atoms with Gasteiger partial charge >= 0.3 is 0 Å². The molecule has 1 N–H and O–H groups in total. The zero-order valence-electron chi connectivity index (χ0n) is 10.6. The number of oxazole rings is 1. The molecule has 0 amide bonds. The maximum atomic E-state index is 6.07. The predicted molar refractivity (Wildman–Crippen MR) is 82.1 cm³/mol. The number of imidazole rings is 1. The van der Waals surface area contributed by atoms with E-state index in [1.807, 2.05) is 11.5 Å². The minimum Gasteiger partial charge on any atom is -0.444 e. The quantitative estimate of drug-likeness (QED) is 0.715. The smallest absolute Gasteiger partial charge is 0.214 e. The Hall–Kier alpha value is -1.30. The number of fused-ring (bicyclic) bond motifs is 1. The molecule has 0 atom stereocenters. The largest absolute Gasteiger partial charge is 0.444 e. The molecule has 0 saturated carbocycles. The highest BCUT2D eigenvalue weighted by molar-refractivity contribution is 7.71. The van der Waals surface area contributed by atoms with E-state index in [2.05, 4.69) is 9.97 Å². The van der Waals surface area contributed by atoms with Crippen molar-refractivity contribution in [2.24, 2.45) is 0 Å². The normalized spacial score (nSPS) is 11.3. The van der Waals surface area contributed by atoms with E-state index < -0.39 is 0 Å². The first kappa shape index (κ1) is 13.7. The number of aryl methyl sites for hydroxylation is 1. The topological polar surface area (TPSA) is 46.8 Å². The Morgan fingerprint density at radius 3 is 2.80 bits per heavy atom. The third kappa shape index (κ3) is 2.37. The molecule has 0 fully saturated rings. The van der Waals surface area contributed by atoms with Crippen LogP contribution in [-0.2, 0) is 13.0 Å². The van der Waals surface area contributed by atoms with Gasteiger partial charge in [0.05, 0.1) is 27.3 Å². The van der Waals surface area contributed by atoms with Crippen molar-refractivity contribution in [3.8, 4) is 0 Å². The highest BCUT2D eigenvalue weighted by atomic mass is 35.5. The van der Waals surface area contributed by atoms with Gasteiger partial charge in [0.15, 0.2) is 4.77 Å². The number of nitrogens with one attached hydrogen (secondary N) is 1. The number of aromatic nitrogens is 3. The van der Waals surface area contributed by atoms with Crippen molar-refractivity contribution in [2.75, 3.05) is 0 Å². The lowest BCUT2D eigenvalue weighted by molar-refractivity contribution is 0.447. The molecular formula is C13H11Cl2N3OS. The van der Waals surface area contributed by atoms with Gasteiger partial charge in [-0.05, 0) is 24.4 Å². The summed E-state index contributed by atoms with van der Waals surface area (Å²) in [7, 11) is 0. The standard InChI is InChI=1S/C13H11Cl2N3OS/c1-2-7-5-16-12(19-7)6-18-11-4-9(15)8(14)3-10(11)17-13(18)20/h3-5H,2,6H2,1H3,(H,17,20). The molecule has 0 aliphatic rings. The van der Waals surface area contributed by atoms with E-state index in [0.29, 0.717) is 27.3 Å². The second-order valence-electron chi connectivity index (χ2n) is 4.37. The van der Waals surface area contributed by atoms with E-state index in [0.717, 1.165) is 23.2 Å². The summed E-state index contributed by atoms with van der Waals surface area (Å²) in [6, 6.07) is 3.55. The van der Waals surface area contributed by atoms with E-state index in [1.54, 1.807) is 18.3 Å². The summed E-state index contributed by atoms with van der Waals surface area (Å²) in [6.07, 6.45) is 2.55. The minimum absolute atomic E-state index is 0.455. The third-order valence-electron chi connectivity index (χ3n) is 3.06. The molecule has 1 aromatic carbocycles. The fourth-order valence-corrected chi connectivity index (χ4v) is 2.62. The molecule has 0 saturated heterocycles. The molecule has 0 aliphatic heterocycles. The van der Waals surface area contributed by atoms with Gasteiger partial charge in [-0.2, -0.15) is 0 Å². The van der Waals surface area contributed by atoms with Crippen molar-refractivity contribution in [3.05, 3.63) is 44.8 Å². The molecule has 3 aromatic rings. The molecule has 2 heterocycles. The lowest BCUT2D eigenvalue weighted by atomic mass is 10.3. The number of aromatic amines is 1. The first-order valence-electron chi connectivity index (χ1n) is 6.09. The van der Waals surface area contributed by atoms with Gasteiger partial charge in [-0.25, -0.2) is 4.98 Å². The van der Waals surface area contributed by atoms with Crippen LogP contribution in [0.25, 0.3) is 11.0 Å². The van der Waals surface area contributed by atoms with Crippen molar-refractivity contribution >= 4 is 46.5 Å². The number of hydrogen-bond acceptors (Lipinski definition) is 3. The lowest BCUT2D eigenvalue weighted by Crippen LogP contribution is -1.99. The van der Waals surface area contributed by atoms with Crippen molar-refractivity contribution in [2.45, 2.75) is 19.9 Å². The zero-order chi connectivity index (χ0) is 14.3. The van der Waals surface area contributed by atoms with E-state index in [4.69, 9.17) is 39.8 Å². The van der Waals surface area contributed by atoms with Crippen LogP contribution in [0.4, 0.5) is 0 Å². The van der Waals surface area contributed by atoms with Crippen LogP contribution in [0.5, 0.6) is 0 Å². The molecule has 2 aromatic heterocycles. The van der Waals surface area contributed by atoms with Crippen LogP contribution in [0.3, 0.4) is 0 Å². The van der Waals surface area contributed by atoms with E-state index >= 15 is 0 Å². The maximum Gasteiger partial charge on any atom is 0.214 e. The van der Waals surface area contributed by atoms with Crippen molar-refractivity contribution in [3.63, 3.8) is 0 Å². The maximum absolute atomic E-state index is 6.07. The second kappa shape index (κ2) is 5.24. The van der Waals surface area contributed by atoms with E-state index in [-0.39, 0.29) is 0 Å². The average Bonchev–Trinajstić information content (AvgIpc) is 2.98. The van der Waals surface area contributed by atoms with Crippen LogP contribution in [0.2, 0.25) is 10.0 Å². The molecule has 0 unspecified atom stereocenters. The van der Waals surface area contributed by atoms with Gasteiger partial charge < -0.3 is 14.0 Å². The molecule has 3 rings (SSSR count). The van der Waals surface area contributed by atoms with Gasteiger partial charge in [0.1, 0.15) is 12.3 Å². The summed E-state index contributed by atoms with van der Waals surface area (Å²) in [5, 5.41) is 0.982. The van der Waals surface area contributed by atoms with E-state index in [9.17, 15) is 0 Å². The number of hydrogen-bond donors (Lipinski definition) is 1. The molecule has 0 aliphatic carbocycles. The summed E-state index contributed by atoms with van der Waals surface area (Å²) in [5.41, 5.74) is 1.72. The monoisotopic (exact) mass is 327 g/mol. The minimum atomic E-state index is 0.455. The summed E-state index contributed by atoms with van der Waals surface area (Å²) < 4.78 is 8.08. The number of rotatable bonds is 3. The van der Waals surface area contributed by atoms with Crippen molar-refractivity contribution in [1.82, 2.24) is 14.5 Å². The SMILES string of the molecule is CCc1cnc(Cn2c(=S)[nH]c3cc(Cl)c(Cl)cc32)o1. The fraction of sp³-hybridized carbons (Fsp3) is 0.231. The van der Waals surface area contributed by atoms with Crippen LogP contribution < -0.4 is 0 Å². The Kier molecular flexibility index (Phi) is 3.58. The van der Waals surface area contributed by atoms with Gasteiger partial charge in [0.2, 0.25) is 5.89 Å². The molecule has 7 heteroatoms. The predicted octanol–water partition coefficient (Wildman–Crippen LogP) is 4.60. The van der Waals surface area contributed by atoms with Gasteiger partial charge in [-0.3, -0.25) is 0 Å². The Bertz CT molecular complexity index is 834. The summed E-state index contributed by atoms with van der Waals surface area (Å²) in [4.78, 5) is 7.34. The number of benzene rings is 1. The van der Waals surface area contributed by atoms with Crippen LogP contribution in [-0.4, -0.2) is 14.5 Å². The van der Waals surface area contributed by atoms with Gasteiger partial charge in [0, 0.05) is 6.42 Å². The third-order valence-corrected chi connectivity index (χ3v) is 4.10. The molecule has 0 spiro atoms. The first-order valence-corrected chi connectivity index (χ1v) is 7.26. The highest BCUT2D eigenvalue weighted by Crippen LogP contribution is 2.28. The van der Waals surface area contributed by atoms with Gasteiger partial charge in [-0.15, -0.1) is 0 Å². The lowest BCUT2D eigenvalue weighted by Gasteiger charge is -2.02.